The van der Waals surface area contributed by atoms with Crippen LogP contribution in [0.5, 0.6) is 0 Å². The molecule has 0 unspecified atom stereocenters. The second-order valence-corrected chi connectivity index (χ2v) is 6.10. The monoisotopic (exact) mass is 270 g/mol. The van der Waals surface area contributed by atoms with E-state index in [0.717, 1.165) is 6.42 Å². The molecule has 114 valence electrons. The first kappa shape index (κ1) is 18.6. The van der Waals surface area contributed by atoms with Crippen molar-refractivity contribution in [1.29, 1.82) is 0 Å². The molecule has 0 heterocycles. The highest BCUT2D eigenvalue weighted by Crippen LogP contribution is 2.13. The molecule has 2 heteroatoms. The molecule has 0 radical (unpaired) electrons. The summed E-state index contributed by atoms with van der Waals surface area (Å²) in [4.78, 5) is 11.3. The Morgan fingerprint density at radius 1 is 0.842 bits per heavy atom. The SMILES string of the molecule is CCCCCCCCCCCCOC(C)(C)C(C)=O. The van der Waals surface area contributed by atoms with Gasteiger partial charge in [0.25, 0.3) is 0 Å². The molecule has 0 aliphatic rings. The molecule has 0 saturated carbocycles. The smallest absolute Gasteiger partial charge is 0.160 e. The fraction of sp³-hybridized carbons (Fsp3) is 0.941. The van der Waals surface area contributed by atoms with Crippen LogP contribution in [-0.2, 0) is 9.53 Å². The number of carbonyl (C=O) groups is 1. The van der Waals surface area contributed by atoms with E-state index in [-0.39, 0.29) is 5.78 Å². The summed E-state index contributed by atoms with van der Waals surface area (Å²) in [6.07, 6.45) is 13.3. The Labute approximate surface area is 120 Å². The van der Waals surface area contributed by atoms with Gasteiger partial charge in [0.2, 0.25) is 0 Å². The maximum atomic E-state index is 11.3. The molecule has 0 rings (SSSR count). The number of ketones is 1. The predicted molar refractivity (Wildman–Crippen MR) is 82.6 cm³/mol. The van der Waals surface area contributed by atoms with E-state index in [1.165, 1.54) is 57.8 Å². The van der Waals surface area contributed by atoms with Crippen molar-refractivity contribution in [3.05, 3.63) is 0 Å². The molecule has 2 nitrogen and oxygen atoms in total. The van der Waals surface area contributed by atoms with Gasteiger partial charge < -0.3 is 4.74 Å². The normalized spacial score (nSPS) is 11.8. The summed E-state index contributed by atoms with van der Waals surface area (Å²) in [6, 6.07) is 0. The quantitative estimate of drug-likeness (QED) is 0.425. The number of hydrogen-bond donors (Lipinski definition) is 0. The van der Waals surface area contributed by atoms with Crippen LogP contribution in [0.25, 0.3) is 0 Å². The Bertz CT molecular complexity index is 221. The van der Waals surface area contributed by atoms with Gasteiger partial charge in [0, 0.05) is 6.61 Å². The van der Waals surface area contributed by atoms with Crippen LogP contribution in [0.15, 0.2) is 0 Å². The second kappa shape index (κ2) is 11.5. The van der Waals surface area contributed by atoms with Gasteiger partial charge in [-0.25, -0.2) is 0 Å². The molecule has 0 spiro atoms. The van der Waals surface area contributed by atoms with E-state index in [1.807, 2.05) is 13.8 Å². The first-order valence-corrected chi connectivity index (χ1v) is 8.15. The van der Waals surface area contributed by atoms with Crippen LogP contribution in [-0.4, -0.2) is 18.0 Å². The van der Waals surface area contributed by atoms with E-state index in [4.69, 9.17) is 4.74 Å². The molecular formula is C17H34O2. The number of Topliss-reactive ketones (excluding diaryl/α,β-unsaturated/α-hetero) is 1. The first-order valence-electron chi connectivity index (χ1n) is 8.15. The summed E-state index contributed by atoms with van der Waals surface area (Å²) in [7, 11) is 0. The molecule has 0 fully saturated rings. The summed E-state index contributed by atoms with van der Waals surface area (Å²) in [5, 5.41) is 0. The van der Waals surface area contributed by atoms with Crippen molar-refractivity contribution >= 4 is 5.78 Å². The van der Waals surface area contributed by atoms with Crippen molar-refractivity contribution in [3.8, 4) is 0 Å². The third-order valence-corrected chi connectivity index (χ3v) is 3.81. The van der Waals surface area contributed by atoms with Gasteiger partial charge in [-0.1, -0.05) is 64.7 Å². The molecule has 0 bridgehead atoms. The molecule has 0 aliphatic heterocycles. The van der Waals surface area contributed by atoms with E-state index in [2.05, 4.69) is 6.92 Å². The molecule has 0 atom stereocenters. The highest BCUT2D eigenvalue weighted by molar-refractivity contribution is 5.83. The Morgan fingerprint density at radius 3 is 1.68 bits per heavy atom. The van der Waals surface area contributed by atoms with E-state index in [9.17, 15) is 4.79 Å². The lowest BCUT2D eigenvalue weighted by atomic mass is 10.0. The standard InChI is InChI=1S/C17H34O2/c1-5-6-7-8-9-10-11-12-13-14-15-19-17(3,4)16(2)18/h5-15H2,1-4H3. The van der Waals surface area contributed by atoms with Gasteiger partial charge in [0.05, 0.1) is 0 Å². The van der Waals surface area contributed by atoms with Crippen molar-refractivity contribution in [1.82, 2.24) is 0 Å². The van der Waals surface area contributed by atoms with Crippen LogP contribution >= 0.6 is 0 Å². The average molecular weight is 270 g/mol. The molecule has 0 aromatic rings. The lowest BCUT2D eigenvalue weighted by Gasteiger charge is -2.21. The molecule has 0 aromatic carbocycles. The van der Waals surface area contributed by atoms with Gasteiger partial charge in [-0.05, 0) is 27.2 Å². The minimum absolute atomic E-state index is 0.111. The fourth-order valence-electron chi connectivity index (χ4n) is 2.02. The summed E-state index contributed by atoms with van der Waals surface area (Å²) in [5.41, 5.74) is -0.598. The summed E-state index contributed by atoms with van der Waals surface area (Å²) < 4.78 is 5.61. The van der Waals surface area contributed by atoms with Crippen LogP contribution in [0, 0.1) is 0 Å². The van der Waals surface area contributed by atoms with Crippen molar-refractivity contribution in [2.75, 3.05) is 6.61 Å². The van der Waals surface area contributed by atoms with Crippen LogP contribution in [0.4, 0.5) is 0 Å². The summed E-state index contributed by atoms with van der Waals surface area (Å²) in [6.45, 7) is 8.27. The minimum Gasteiger partial charge on any atom is -0.368 e. The number of hydrogen-bond acceptors (Lipinski definition) is 2. The molecule has 0 N–H and O–H groups in total. The van der Waals surface area contributed by atoms with Gasteiger partial charge >= 0.3 is 0 Å². The van der Waals surface area contributed by atoms with Crippen molar-refractivity contribution < 1.29 is 9.53 Å². The van der Waals surface area contributed by atoms with Gasteiger partial charge in [-0.2, -0.15) is 0 Å². The molecular weight excluding hydrogens is 236 g/mol. The third kappa shape index (κ3) is 11.2. The van der Waals surface area contributed by atoms with Gasteiger partial charge in [-0.3, -0.25) is 4.79 Å². The molecule has 0 aliphatic carbocycles. The molecule has 0 saturated heterocycles. The topological polar surface area (TPSA) is 26.3 Å². The maximum Gasteiger partial charge on any atom is 0.160 e. The lowest BCUT2D eigenvalue weighted by Crippen LogP contribution is -2.33. The average Bonchev–Trinajstić information content (AvgIpc) is 2.35. The second-order valence-electron chi connectivity index (χ2n) is 6.10. The van der Waals surface area contributed by atoms with E-state index in [1.54, 1.807) is 6.92 Å². The first-order chi connectivity index (χ1) is 9.00. The Balaban J connectivity index is 3.21. The van der Waals surface area contributed by atoms with Crippen molar-refractivity contribution in [2.24, 2.45) is 0 Å². The predicted octanol–water partition coefficient (Wildman–Crippen LogP) is 5.29. The van der Waals surface area contributed by atoms with Crippen LogP contribution in [0.3, 0.4) is 0 Å². The van der Waals surface area contributed by atoms with Crippen LogP contribution in [0.2, 0.25) is 0 Å². The van der Waals surface area contributed by atoms with Crippen LogP contribution in [0.1, 0.15) is 91.9 Å². The summed E-state index contributed by atoms with van der Waals surface area (Å²) >= 11 is 0. The van der Waals surface area contributed by atoms with Gasteiger partial charge in [-0.15, -0.1) is 0 Å². The zero-order valence-electron chi connectivity index (χ0n) is 13.6. The fourth-order valence-corrected chi connectivity index (χ4v) is 2.02. The molecule has 0 aromatic heterocycles. The zero-order valence-corrected chi connectivity index (χ0v) is 13.6. The third-order valence-electron chi connectivity index (χ3n) is 3.81. The Kier molecular flexibility index (Phi) is 11.2. The van der Waals surface area contributed by atoms with Gasteiger partial charge in [0.1, 0.15) is 5.60 Å². The van der Waals surface area contributed by atoms with E-state index < -0.39 is 5.60 Å². The zero-order chi connectivity index (χ0) is 14.6. The van der Waals surface area contributed by atoms with Gasteiger partial charge in [0.15, 0.2) is 5.78 Å². The van der Waals surface area contributed by atoms with Crippen LogP contribution < -0.4 is 0 Å². The number of carbonyl (C=O) groups excluding carboxylic acids is 1. The molecule has 19 heavy (non-hydrogen) atoms. The summed E-state index contributed by atoms with van der Waals surface area (Å²) in [5.74, 6) is 0.111. The molecule has 0 amide bonds. The largest absolute Gasteiger partial charge is 0.368 e. The van der Waals surface area contributed by atoms with Crippen molar-refractivity contribution in [3.63, 3.8) is 0 Å². The highest BCUT2D eigenvalue weighted by atomic mass is 16.5. The Morgan fingerprint density at radius 2 is 1.26 bits per heavy atom. The minimum atomic E-state index is -0.598. The van der Waals surface area contributed by atoms with E-state index in [0.29, 0.717) is 6.61 Å². The number of unbranched alkanes of at least 4 members (excludes halogenated alkanes) is 9. The maximum absolute atomic E-state index is 11.3. The Hall–Kier alpha value is -0.370. The van der Waals surface area contributed by atoms with E-state index >= 15 is 0 Å². The highest BCUT2D eigenvalue weighted by Gasteiger charge is 2.23. The lowest BCUT2D eigenvalue weighted by molar-refractivity contribution is -0.138. The van der Waals surface area contributed by atoms with Crippen molar-refractivity contribution in [2.45, 2.75) is 97.5 Å². The number of rotatable bonds is 13. The number of ether oxygens (including phenoxy) is 1.